The van der Waals surface area contributed by atoms with E-state index in [1.807, 2.05) is 12.1 Å². The van der Waals surface area contributed by atoms with Gasteiger partial charge in [-0.05, 0) is 89.2 Å². The van der Waals surface area contributed by atoms with E-state index in [0.29, 0.717) is 0 Å². The van der Waals surface area contributed by atoms with Crippen LogP contribution >= 0.6 is 0 Å². The molecule has 4 nitrogen and oxygen atoms in total. The summed E-state index contributed by atoms with van der Waals surface area (Å²) < 4.78 is 0. The normalized spacial score (nSPS) is 15.1. The predicted molar refractivity (Wildman–Crippen MR) is 150 cm³/mol. The second kappa shape index (κ2) is 12.0. The number of hydrogen-bond donors (Lipinski definition) is 1. The van der Waals surface area contributed by atoms with Gasteiger partial charge in [-0.1, -0.05) is 67.4 Å². The van der Waals surface area contributed by atoms with Gasteiger partial charge in [0.25, 0.3) is 0 Å². The van der Waals surface area contributed by atoms with Crippen LogP contribution in [0.5, 0.6) is 0 Å². The van der Waals surface area contributed by atoms with Crippen molar-refractivity contribution in [2.45, 2.75) is 38.6 Å². The van der Waals surface area contributed by atoms with Gasteiger partial charge in [0.1, 0.15) is 0 Å². The molecule has 0 aliphatic carbocycles. The summed E-state index contributed by atoms with van der Waals surface area (Å²) in [6.07, 6.45) is 12.9. The number of nitrogens with one attached hydrogen (secondary N) is 1. The lowest BCUT2D eigenvalue weighted by Crippen LogP contribution is -2.33. The standard InChI is InChI=1S/C32H35N3O/c36-32(15-14-26-9-7-18-33-23-26)34-19-6-5-8-25-16-20-35(21-17-25)24-31-29-12-3-1-10-27(29)22-28-11-2-4-13-30(28)31/h1-4,7,9-15,18,22-23,25H,5-6,8,16-17,19-21,24H2,(H,34,36)/b15-14-. The van der Waals surface area contributed by atoms with Gasteiger partial charge in [0.05, 0.1) is 0 Å². The lowest BCUT2D eigenvalue weighted by atomic mass is 9.90. The summed E-state index contributed by atoms with van der Waals surface area (Å²) >= 11 is 0. The van der Waals surface area contributed by atoms with Crippen LogP contribution in [0.15, 0.2) is 85.2 Å². The lowest BCUT2D eigenvalue weighted by molar-refractivity contribution is -0.116. The summed E-state index contributed by atoms with van der Waals surface area (Å²) in [6, 6.07) is 23.7. The highest BCUT2D eigenvalue weighted by atomic mass is 16.1. The van der Waals surface area contributed by atoms with E-state index >= 15 is 0 Å². The van der Waals surface area contributed by atoms with Crippen LogP contribution in [0.3, 0.4) is 0 Å². The molecule has 1 aliphatic rings. The molecule has 0 spiro atoms. The Morgan fingerprint density at radius 3 is 2.36 bits per heavy atom. The van der Waals surface area contributed by atoms with Crippen molar-refractivity contribution in [2.75, 3.05) is 19.6 Å². The number of likely N-dealkylation sites (tertiary alicyclic amines) is 1. The van der Waals surface area contributed by atoms with Crippen LogP contribution in [0, 0.1) is 5.92 Å². The summed E-state index contributed by atoms with van der Waals surface area (Å²) in [6.45, 7) is 4.09. The van der Waals surface area contributed by atoms with E-state index in [4.69, 9.17) is 0 Å². The average molecular weight is 478 g/mol. The van der Waals surface area contributed by atoms with Crippen molar-refractivity contribution < 1.29 is 4.79 Å². The summed E-state index contributed by atoms with van der Waals surface area (Å²) in [4.78, 5) is 18.7. The average Bonchev–Trinajstić information content (AvgIpc) is 2.93. The summed E-state index contributed by atoms with van der Waals surface area (Å²) in [5.74, 6) is 0.764. The third kappa shape index (κ3) is 6.19. The molecule has 1 saturated heterocycles. The zero-order valence-corrected chi connectivity index (χ0v) is 20.9. The fourth-order valence-electron chi connectivity index (χ4n) is 5.41. The third-order valence-corrected chi connectivity index (χ3v) is 7.42. The highest BCUT2D eigenvalue weighted by molar-refractivity contribution is 6.02. The second-order valence-corrected chi connectivity index (χ2v) is 9.92. The summed E-state index contributed by atoms with van der Waals surface area (Å²) in [7, 11) is 0. The van der Waals surface area contributed by atoms with E-state index in [-0.39, 0.29) is 5.91 Å². The van der Waals surface area contributed by atoms with Gasteiger partial charge in [0.15, 0.2) is 0 Å². The predicted octanol–water partition coefficient (Wildman–Crippen LogP) is 6.60. The van der Waals surface area contributed by atoms with Crippen LogP contribution in [-0.2, 0) is 11.3 Å². The van der Waals surface area contributed by atoms with Crippen LogP contribution in [0.2, 0.25) is 0 Å². The molecule has 36 heavy (non-hydrogen) atoms. The van der Waals surface area contributed by atoms with Crippen LogP contribution in [0.25, 0.3) is 27.6 Å². The summed E-state index contributed by atoms with van der Waals surface area (Å²) in [5.41, 5.74) is 2.41. The molecule has 0 radical (unpaired) electrons. The molecule has 0 unspecified atom stereocenters. The van der Waals surface area contributed by atoms with Crippen molar-refractivity contribution in [1.29, 1.82) is 0 Å². The topological polar surface area (TPSA) is 45.2 Å². The molecule has 1 aromatic heterocycles. The van der Waals surface area contributed by atoms with Crippen LogP contribution in [0.1, 0.15) is 43.2 Å². The van der Waals surface area contributed by atoms with Crippen molar-refractivity contribution in [1.82, 2.24) is 15.2 Å². The number of aromatic nitrogens is 1. The minimum Gasteiger partial charge on any atom is -0.353 e. The Hall–Kier alpha value is -3.50. The Bertz CT molecular complexity index is 1270. The van der Waals surface area contributed by atoms with Gasteiger partial charge in [0.2, 0.25) is 5.91 Å². The fourth-order valence-corrected chi connectivity index (χ4v) is 5.41. The number of carbonyl (C=O) groups excluding carboxylic acids is 1. The Morgan fingerprint density at radius 1 is 0.944 bits per heavy atom. The highest BCUT2D eigenvalue weighted by Crippen LogP contribution is 2.31. The maximum Gasteiger partial charge on any atom is 0.243 e. The lowest BCUT2D eigenvalue weighted by Gasteiger charge is -2.32. The molecular weight excluding hydrogens is 442 g/mol. The molecule has 1 aliphatic heterocycles. The minimum atomic E-state index is -0.0341. The van der Waals surface area contributed by atoms with Crippen molar-refractivity contribution in [3.63, 3.8) is 0 Å². The van der Waals surface area contributed by atoms with Gasteiger partial charge in [-0.3, -0.25) is 14.7 Å². The number of amides is 1. The molecule has 1 N–H and O–H groups in total. The van der Waals surface area contributed by atoms with Crippen molar-refractivity contribution in [3.05, 3.63) is 96.3 Å². The van der Waals surface area contributed by atoms with Gasteiger partial charge in [-0.25, -0.2) is 0 Å². The molecule has 4 heteroatoms. The number of carbonyl (C=O) groups is 1. The quantitative estimate of drug-likeness (QED) is 0.168. The Labute approximate surface area is 214 Å². The molecule has 1 amide bonds. The molecule has 0 bridgehead atoms. The number of benzene rings is 3. The van der Waals surface area contributed by atoms with Crippen LogP contribution in [-0.4, -0.2) is 35.4 Å². The maximum absolute atomic E-state index is 12.0. The van der Waals surface area contributed by atoms with Crippen molar-refractivity contribution >= 4 is 33.5 Å². The first-order valence-electron chi connectivity index (χ1n) is 13.2. The first-order valence-corrected chi connectivity index (χ1v) is 13.2. The van der Waals surface area contributed by atoms with Gasteiger partial charge >= 0.3 is 0 Å². The van der Waals surface area contributed by atoms with E-state index in [1.54, 1.807) is 24.5 Å². The number of rotatable bonds is 9. The monoisotopic (exact) mass is 477 g/mol. The Balaban J connectivity index is 1.06. The number of nitrogens with zero attached hydrogens (tertiary/aromatic N) is 2. The van der Waals surface area contributed by atoms with E-state index in [0.717, 1.165) is 44.1 Å². The number of unbranched alkanes of at least 4 members (excludes halogenated alkanes) is 1. The molecule has 5 rings (SSSR count). The first kappa shape index (κ1) is 24.2. The molecule has 1 fully saturated rings. The largest absolute Gasteiger partial charge is 0.353 e. The first-order chi connectivity index (χ1) is 17.8. The Kier molecular flexibility index (Phi) is 8.04. The molecular formula is C32H35N3O. The molecule has 0 atom stereocenters. The van der Waals surface area contributed by atoms with Gasteiger partial charge in [0, 0.05) is 31.6 Å². The number of piperidine rings is 1. The number of hydrogen-bond acceptors (Lipinski definition) is 3. The molecule has 0 saturated carbocycles. The number of fused-ring (bicyclic) bond motifs is 2. The minimum absolute atomic E-state index is 0.0341. The molecule has 4 aromatic rings. The van der Waals surface area contributed by atoms with Crippen molar-refractivity contribution in [2.24, 2.45) is 5.92 Å². The van der Waals surface area contributed by atoms with E-state index < -0.39 is 0 Å². The fraction of sp³-hybridized carbons (Fsp3) is 0.312. The van der Waals surface area contributed by atoms with Crippen molar-refractivity contribution in [3.8, 4) is 0 Å². The molecule has 2 heterocycles. The smallest absolute Gasteiger partial charge is 0.243 e. The third-order valence-electron chi connectivity index (χ3n) is 7.42. The zero-order chi connectivity index (χ0) is 24.6. The van der Waals surface area contributed by atoms with Gasteiger partial charge in [-0.2, -0.15) is 0 Å². The van der Waals surface area contributed by atoms with Crippen LogP contribution in [0.4, 0.5) is 0 Å². The van der Waals surface area contributed by atoms with Gasteiger partial charge in [-0.15, -0.1) is 0 Å². The molecule has 184 valence electrons. The SMILES string of the molecule is O=C(/C=C\c1cccnc1)NCCCCC1CCN(Cc2c3ccccc3cc3ccccc23)CC1. The van der Waals surface area contributed by atoms with E-state index in [2.05, 4.69) is 69.8 Å². The van der Waals surface area contributed by atoms with E-state index in [1.165, 1.54) is 52.8 Å². The van der Waals surface area contributed by atoms with E-state index in [9.17, 15) is 4.79 Å². The zero-order valence-electron chi connectivity index (χ0n) is 20.9. The summed E-state index contributed by atoms with van der Waals surface area (Å²) in [5, 5.41) is 8.44. The molecule has 3 aromatic carbocycles. The Morgan fingerprint density at radius 2 is 1.67 bits per heavy atom. The van der Waals surface area contributed by atoms with Crippen LogP contribution < -0.4 is 5.32 Å². The van der Waals surface area contributed by atoms with Gasteiger partial charge < -0.3 is 5.32 Å². The second-order valence-electron chi connectivity index (χ2n) is 9.92. The maximum atomic E-state index is 12.0. The number of pyridine rings is 1. The highest BCUT2D eigenvalue weighted by Gasteiger charge is 2.20.